The van der Waals surface area contributed by atoms with Gasteiger partial charge in [-0.25, -0.2) is 0 Å². The van der Waals surface area contributed by atoms with Crippen LogP contribution in [-0.4, -0.2) is 30.9 Å². The molecule has 0 unspecified atom stereocenters. The van der Waals surface area contributed by atoms with Gasteiger partial charge in [0.1, 0.15) is 0 Å². The molecule has 1 saturated heterocycles. The minimum absolute atomic E-state index is 0.0929. The summed E-state index contributed by atoms with van der Waals surface area (Å²) in [7, 11) is 0. The standard InChI is InChI=1S/C15H18N2O4/c1-2-10-5-3-4-6-12(10)17-8-11(7-14(17)19)15(20)21-9-13(16)18/h3-6,11H,2,7-9H2,1H3,(H2,16,18)/t11-/m1/s1. The molecule has 1 aliphatic heterocycles. The largest absolute Gasteiger partial charge is 0.455 e. The molecule has 1 atom stereocenters. The first-order valence-electron chi connectivity index (χ1n) is 6.86. The Morgan fingerprint density at radius 3 is 2.76 bits per heavy atom. The van der Waals surface area contributed by atoms with Crippen molar-refractivity contribution in [1.29, 1.82) is 0 Å². The molecule has 2 rings (SSSR count). The van der Waals surface area contributed by atoms with E-state index in [0.29, 0.717) is 0 Å². The van der Waals surface area contributed by atoms with E-state index in [2.05, 4.69) is 0 Å². The van der Waals surface area contributed by atoms with Gasteiger partial charge in [0.05, 0.1) is 5.92 Å². The number of carbonyl (C=O) groups is 3. The van der Waals surface area contributed by atoms with E-state index >= 15 is 0 Å². The smallest absolute Gasteiger partial charge is 0.311 e. The molecule has 112 valence electrons. The van der Waals surface area contributed by atoms with Crippen molar-refractivity contribution >= 4 is 23.5 Å². The van der Waals surface area contributed by atoms with Crippen molar-refractivity contribution in [3.63, 3.8) is 0 Å². The van der Waals surface area contributed by atoms with Crippen LogP contribution in [0.4, 0.5) is 5.69 Å². The van der Waals surface area contributed by atoms with E-state index in [1.807, 2.05) is 31.2 Å². The summed E-state index contributed by atoms with van der Waals surface area (Å²) >= 11 is 0. The van der Waals surface area contributed by atoms with Crippen LogP contribution in [0.1, 0.15) is 18.9 Å². The van der Waals surface area contributed by atoms with Crippen molar-refractivity contribution in [3.8, 4) is 0 Å². The quantitative estimate of drug-likeness (QED) is 0.805. The topological polar surface area (TPSA) is 89.7 Å². The first-order chi connectivity index (χ1) is 10.0. The van der Waals surface area contributed by atoms with Gasteiger partial charge in [-0.2, -0.15) is 0 Å². The molecule has 21 heavy (non-hydrogen) atoms. The van der Waals surface area contributed by atoms with Gasteiger partial charge in [-0.05, 0) is 18.1 Å². The Hall–Kier alpha value is -2.37. The van der Waals surface area contributed by atoms with Crippen LogP contribution < -0.4 is 10.6 Å². The van der Waals surface area contributed by atoms with E-state index in [0.717, 1.165) is 17.7 Å². The maximum Gasteiger partial charge on any atom is 0.311 e. The molecule has 6 nitrogen and oxygen atoms in total. The molecule has 1 fully saturated rings. The van der Waals surface area contributed by atoms with Gasteiger partial charge in [-0.1, -0.05) is 25.1 Å². The number of carbonyl (C=O) groups excluding carboxylic acids is 3. The zero-order chi connectivity index (χ0) is 15.4. The van der Waals surface area contributed by atoms with Gasteiger partial charge in [0.2, 0.25) is 5.91 Å². The maximum absolute atomic E-state index is 12.1. The second-order valence-corrected chi connectivity index (χ2v) is 4.96. The summed E-state index contributed by atoms with van der Waals surface area (Å²) in [5, 5.41) is 0. The van der Waals surface area contributed by atoms with Crippen molar-refractivity contribution in [2.24, 2.45) is 11.7 Å². The van der Waals surface area contributed by atoms with Crippen LogP contribution in [0.25, 0.3) is 0 Å². The van der Waals surface area contributed by atoms with E-state index in [4.69, 9.17) is 10.5 Å². The van der Waals surface area contributed by atoms with E-state index in [1.54, 1.807) is 4.90 Å². The lowest BCUT2D eigenvalue weighted by Crippen LogP contribution is -2.28. The maximum atomic E-state index is 12.1. The minimum atomic E-state index is -0.708. The van der Waals surface area contributed by atoms with Gasteiger partial charge in [0, 0.05) is 18.7 Å². The molecule has 0 radical (unpaired) electrons. The van der Waals surface area contributed by atoms with Crippen molar-refractivity contribution in [3.05, 3.63) is 29.8 Å². The number of ether oxygens (including phenoxy) is 1. The number of nitrogens with zero attached hydrogens (tertiary/aromatic N) is 1. The van der Waals surface area contributed by atoms with Crippen LogP contribution in [0.5, 0.6) is 0 Å². The Kier molecular flexibility index (Phi) is 4.57. The summed E-state index contributed by atoms with van der Waals surface area (Å²) in [6, 6.07) is 7.61. The first kappa shape index (κ1) is 15.0. The Labute approximate surface area is 122 Å². The monoisotopic (exact) mass is 290 g/mol. The number of hydrogen-bond acceptors (Lipinski definition) is 4. The van der Waals surface area contributed by atoms with Crippen molar-refractivity contribution in [2.45, 2.75) is 19.8 Å². The number of para-hydroxylation sites is 1. The molecule has 6 heteroatoms. The highest BCUT2D eigenvalue weighted by atomic mass is 16.5. The molecule has 1 aliphatic rings. The lowest BCUT2D eigenvalue weighted by molar-refractivity contribution is -0.151. The summed E-state index contributed by atoms with van der Waals surface area (Å²) in [5.41, 5.74) is 6.81. The summed E-state index contributed by atoms with van der Waals surface area (Å²) in [6.45, 7) is 1.83. The zero-order valence-electron chi connectivity index (χ0n) is 11.9. The van der Waals surface area contributed by atoms with Crippen LogP contribution in [0.15, 0.2) is 24.3 Å². The van der Waals surface area contributed by atoms with Gasteiger partial charge in [-0.15, -0.1) is 0 Å². The molecular weight excluding hydrogens is 272 g/mol. The third kappa shape index (κ3) is 3.39. The van der Waals surface area contributed by atoms with E-state index in [9.17, 15) is 14.4 Å². The molecule has 0 aromatic heterocycles. The Balaban J connectivity index is 2.09. The predicted octanol–water partition coefficient (Wildman–Crippen LogP) is 0.630. The Bertz CT molecular complexity index is 571. The van der Waals surface area contributed by atoms with Crippen molar-refractivity contribution in [1.82, 2.24) is 0 Å². The summed E-state index contributed by atoms with van der Waals surface area (Å²) in [5.74, 6) is -1.93. The van der Waals surface area contributed by atoms with Gasteiger partial charge in [0.25, 0.3) is 5.91 Å². The van der Waals surface area contributed by atoms with Gasteiger partial charge in [0.15, 0.2) is 6.61 Å². The van der Waals surface area contributed by atoms with Crippen LogP contribution in [0.3, 0.4) is 0 Å². The highest BCUT2D eigenvalue weighted by Gasteiger charge is 2.36. The molecule has 1 aromatic rings. The molecule has 1 heterocycles. The lowest BCUT2D eigenvalue weighted by Gasteiger charge is -2.19. The van der Waals surface area contributed by atoms with Gasteiger partial charge in [-0.3, -0.25) is 14.4 Å². The van der Waals surface area contributed by atoms with E-state index in [-0.39, 0.29) is 18.9 Å². The SMILES string of the molecule is CCc1ccccc1N1C[C@H](C(=O)OCC(N)=O)CC1=O. The number of aryl methyl sites for hydroxylation is 1. The van der Waals surface area contributed by atoms with Crippen molar-refractivity contribution < 1.29 is 19.1 Å². The normalized spacial score (nSPS) is 17.9. The molecule has 0 saturated carbocycles. The number of amides is 2. The third-order valence-corrected chi connectivity index (χ3v) is 3.48. The number of anilines is 1. The fourth-order valence-electron chi connectivity index (χ4n) is 2.43. The van der Waals surface area contributed by atoms with Crippen molar-refractivity contribution in [2.75, 3.05) is 18.1 Å². The van der Waals surface area contributed by atoms with Crippen LogP contribution in [-0.2, 0) is 25.5 Å². The average Bonchev–Trinajstić information content (AvgIpc) is 2.86. The van der Waals surface area contributed by atoms with Gasteiger partial charge >= 0.3 is 5.97 Å². The number of esters is 1. The molecule has 1 aromatic carbocycles. The lowest BCUT2D eigenvalue weighted by atomic mass is 10.1. The fourth-order valence-corrected chi connectivity index (χ4v) is 2.43. The number of hydrogen-bond donors (Lipinski definition) is 1. The average molecular weight is 290 g/mol. The Morgan fingerprint density at radius 1 is 1.38 bits per heavy atom. The number of nitrogens with two attached hydrogens (primary N) is 1. The Morgan fingerprint density at radius 2 is 2.10 bits per heavy atom. The summed E-state index contributed by atoms with van der Waals surface area (Å²) in [6.07, 6.45) is 0.895. The summed E-state index contributed by atoms with van der Waals surface area (Å²) < 4.78 is 4.78. The van der Waals surface area contributed by atoms with Gasteiger partial charge < -0.3 is 15.4 Å². The highest BCUT2D eigenvalue weighted by molar-refractivity contribution is 6.00. The van der Waals surface area contributed by atoms with Crippen LogP contribution in [0, 0.1) is 5.92 Å². The fraction of sp³-hybridized carbons (Fsp3) is 0.400. The first-order valence-corrected chi connectivity index (χ1v) is 6.86. The predicted molar refractivity (Wildman–Crippen MR) is 76.4 cm³/mol. The molecule has 2 amide bonds. The molecular formula is C15H18N2O4. The minimum Gasteiger partial charge on any atom is -0.455 e. The van der Waals surface area contributed by atoms with E-state index < -0.39 is 24.4 Å². The van der Waals surface area contributed by atoms with E-state index in [1.165, 1.54) is 0 Å². The molecule has 2 N–H and O–H groups in total. The number of rotatable bonds is 5. The second-order valence-electron chi connectivity index (χ2n) is 4.96. The highest BCUT2D eigenvalue weighted by Crippen LogP contribution is 2.28. The molecule has 0 aliphatic carbocycles. The zero-order valence-corrected chi connectivity index (χ0v) is 11.9. The number of primary amides is 1. The second kappa shape index (κ2) is 6.39. The third-order valence-electron chi connectivity index (χ3n) is 3.48. The molecule has 0 bridgehead atoms. The summed E-state index contributed by atoms with van der Waals surface area (Å²) in [4.78, 5) is 36.2. The molecule has 0 spiro atoms. The number of benzene rings is 1. The van der Waals surface area contributed by atoms with Crippen LogP contribution >= 0.6 is 0 Å². The van der Waals surface area contributed by atoms with Crippen LogP contribution in [0.2, 0.25) is 0 Å².